The van der Waals surface area contributed by atoms with Gasteiger partial charge < -0.3 is 69.3 Å². The van der Waals surface area contributed by atoms with Gasteiger partial charge in [0.1, 0.15) is 48.2 Å². The van der Waals surface area contributed by atoms with Crippen LogP contribution in [-0.2, 0) is 52.7 Å². The van der Waals surface area contributed by atoms with Crippen LogP contribution in [0.3, 0.4) is 0 Å². The third kappa shape index (κ3) is 21.3. The van der Waals surface area contributed by atoms with Crippen LogP contribution in [0.25, 0.3) is 0 Å². The van der Waals surface area contributed by atoms with Crippen molar-refractivity contribution in [1.82, 2.24) is 42.5 Å². The van der Waals surface area contributed by atoms with E-state index in [2.05, 4.69) is 42.5 Å². The molecule has 0 aromatic carbocycles. The lowest BCUT2D eigenvalue weighted by Gasteiger charge is -2.28. The number of carbonyl (C=O) groups excluding carboxylic acids is 10. The third-order valence-electron chi connectivity index (χ3n) is 8.91. The highest BCUT2D eigenvalue weighted by Gasteiger charge is 2.35. The minimum Gasteiger partial charge on any atom is -0.481 e. The fourth-order valence-corrected chi connectivity index (χ4v) is 5.59. The predicted octanol–water partition coefficient (Wildman–Crippen LogP) is -4.92. The van der Waals surface area contributed by atoms with E-state index in [0.717, 1.165) is 6.92 Å². The van der Waals surface area contributed by atoms with E-state index in [4.69, 9.17) is 28.2 Å². The number of amides is 10. The summed E-state index contributed by atoms with van der Waals surface area (Å²) >= 11 is 5.48. The van der Waals surface area contributed by atoms with Gasteiger partial charge in [-0.1, -0.05) is 41.5 Å². The number of aliphatic hydroxyl groups excluding tert-OH is 2. The highest BCUT2D eigenvalue weighted by Crippen LogP contribution is 2.09. The molecule has 10 amide bonds. The second-order valence-electron chi connectivity index (χ2n) is 15.6. The van der Waals surface area contributed by atoms with Gasteiger partial charge in [0.25, 0.3) is 0 Å². The van der Waals surface area contributed by atoms with Crippen LogP contribution in [0, 0.1) is 17.8 Å². The van der Waals surface area contributed by atoms with Gasteiger partial charge in [-0.15, -0.1) is 11.6 Å². The first-order valence-corrected chi connectivity index (χ1v) is 20.3. The molecule has 0 aliphatic heterocycles. The molecule has 0 aliphatic carbocycles. The lowest BCUT2D eigenvalue weighted by atomic mass is 10.0. The zero-order valence-corrected chi connectivity index (χ0v) is 36.6. The number of alkyl halides is 1. The fourth-order valence-electron chi connectivity index (χ4n) is 5.52. The van der Waals surface area contributed by atoms with E-state index in [1.165, 1.54) is 27.7 Å². The number of halogens is 1. The molecule has 0 rings (SSSR count). The maximum absolute atomic E-state index is 13.3. The summed E-state index contributed by atoms with van der Waals surface area (Å²) in [6.07, 6.45) is -2.99. The van der Waals surface area contributed by atoms with E-state index in [0.29, 0.717) is 0 Å². The van der Waals surface area contributed by atoms with Gasteiger partial charge in [0.2, 0.25) is 59.1 Å². The number of primary amides is 2. The van der Waals surface area contributed by atoms with E-state index < -0.39 is 151 Å². The summed E-state index contributed by atoms with van der Waals surface area (Å²) in [4.78, 5) is 138. The second-order valence-corrected chi connectivity index (χ2v) is 15.8. The molecule has 15 N–H and O–H groups in total. The summed E-state index contributed by atoms with van der Waals surface area (Å²) in [6.45, 7) is 9.14. The Bertz CT molecular complexity index is 1610. The van der Waals surface area contributed by atoms with Crippen molar-refractivity contribution in [3.05, 3.63) is 0 Å². The zero-order chi connectivity index (χ0) is 48.0. The van der Waals surface area contributed by atoms with Gasteiger partial charge in [-0.05, 0) is 43.9 Å². The van der Waals surface area contributed by atoms with Crippen LogP contribution in [0.1, 0.15) is 80.6 Å². The molecule has 352 valence electrons. The first kappa shape index (κ1) is 56.4. The average molecular weight is 907 g/mol. The topological polar surface area (TPSA) is 397 Å². The maximum Gasteiger partial charge on any atom is 0.303 e. The second kappa shape index (κ2) is 28.1. The highest BCUT2D eigenvalue weighted by atomic mass is 35.5. The minimum absolute atomic E-state index is 0.0617. The Hall–Kier alpha value is -5.62. The molecular weight excluding hydrogens is 844 g/mol. The molecule has 0 unspecified atom stereocenters. The molecule has 0 radical (unpaired) electrons. The Morgan fingerprint density at radius 1 is 0.548 bits per heavy atom. The number of carbonyl (C=O) groups is 11. The van der Waals surface area contributed by atoms with Crippen LogP contribution in [0.4, 0.5) is 0 Å². The Morgan fingerprint density at radius 3 is 1.47 bits per heavy atom. The minimum atomic E-state index is -1.70. The SMILES string of the molecule is CC(C)C[C@H](NC(=O)[C@H](CCC(N)=O)NC(=O)[C@H](CO)NC(=O)[C@@H](NC(=O)CNC(=O)[C@@H](NC(=O)[C@@H](NC(=O)[C@H](CCC(=O)O)NC(=O)CCl)[C@@H](C)O)C(C)C)C(C)C)C(N)=O. The first-order valence-electron chi connectivity index (χ1n) is 19.8. The molecule has 0 spiro atoms. The largest absolute Gasteiger partial charge is 0.481 e. The summed E-state index contributed by atoms with van der Waals surface area (Å²) in [5.41, 5.74) is 10.6. The Balaban J connectivity index is 5.82. The number of carboxylic acid groups (broad SMARTS) is 1. The monoisotopic (exact) mass is 906 g/mol. The van der Waals surface area contributed by atoms with E-state index >= 15 is 0 Å². The van der Waals surface area contributed by atoms with E-state index in [1.54, 1.807) is 13.8 Å². The smallest absolute Gasteiger partial charge is 0.303 e. The van der Waals surface area contributed by atoms with Crippen molar-refractivity contribution < 1.29 is 68.1 Å². The van der Waals surface area contributed by atoms with Gasteiger partial charge in [0.05, 0.1) is 19.3 Å². The van der Waals surface area contributed by atoms with Crippen LogP contribution in [-0.4, -0.2) is 148 Å². The lowest BCUT2D eigenvalue weighted by Crippen LogP contribution is -2.61. The molecule has 0 aromatic heterocycles. The molecule has 0 aromatic rings. The molecule has 0 bridgehead atoms. The van der Waals surface area contributed by atoms with Crippen LogP contribution < -0.4 is 54.0 Å². The Morgan fingerprint density at radius 2 is 1.00 bits per heavy atom. The predicted molar refractivity (Wildman–Crippen MR) is 220 cm³/mol. The number of aliphatic hydroxyl groups is 2. The zero-order valence-electron chi connectivity index (χ0n) is 35.9. The summed E-state index contributed by atoms with van der Waals surface area (Å²) in [5.74, 6) is -12.4. The van der Waals surface area contributed by atoms with Crippen LogP contribution >= 0.6 is 11.6 Å². The number of hydrogen-bond acceptors (Lipinski definition) is 13. The molecule has 0 saturated carbocycles. The third-order valence-corrected chi connectivity index (χ3v) is 9.16. The molecule has 62 heavy (non-hydrogen) atoms. The highest BCUT2D eigenvalue weighted by molar-refractivity contribution is 6.27. The molecular formula is C37H63ClN10O14. The first-order chi connectivity index (χ1) is 28.7. The molecule has 0 saturated heterocycles. The van der Waals surface area contributed by atoms with Gasteiger partial charge in [0, 0.05) is 12.8 Å². The molecule has 0 fully saturated rings. The van der Waals surface area contributed by atoms with Crippen molar-refractivity contribution in [2.75, 3.05) is 19.0 Å². The molecule has 8 atom stereocenters. The summed E-state index contributed by atoms with van der Waals surface area (Å²) < 4.78 is 0. The van der Waals surface area contributed by atoms with E-state index in [-0.39, 0.29) is 31.6 Å². The van der Waals surface area contributed by atoms with Crippen LogP contribution in [0.15, 0.2) is 0 Å². The molecule has 0 aliphatic rings. The van der Waals surface area contributed by atoms with Crippen molar-refractivity contribution in [3.8, 4) is 0 Å². The molecule has 24 nitrogen and oxygen atoms in total. The van der Waals surface area contributed by atoms with Crippen molar-refractivity contribution in [1.29, 1.82) is 0 Å². The molecule has 0 heterocycles. The van der Waals surface area contributed by atoms with E-state index in [9.17, 15) is 63.0 Å². The van der Waals surface area contributed by atoms with Crippen molar-refractivity contribution in [2.24, 2.45) is 29.2 Å². The van der Waals surface area contributed by atoms with Crippen LogP contribution in [0.5, 0.6) is 0 Å². The van der Waals surface area contributed by atoms with Crippen molar-refractivity contribution >= 4 is 76.6 Å². The van der Waals surface area contributed by atoms with Gasteiger partial charge in [-0.3, -0.25) is 52.7 Å². The Kier molecular flexibility index (Phi) is 25.5. The number of aliphatic carboxylic acids is 1. The average Bonchev–Trinajstić information content (AvgIpc) is 3.17. The number of rotatable bonds is 29. The maximum atomic E-state index is 13.3. The standard InChI is InChI=1S/C37H63ClN10O14/c1-16(2)12-22(31(40)56)44-32(57)21(8-10-24(39)51)43-34(59)23(15-49)45-36(61)29(18(5)6)46-26(53)14-41-35(60)28(17(3)4)47-37(62)30(19(7)50)48-33(58)20(9-11-27(54)55)42-25(52)13-38/h16-23,28-30,49-50H,8-15H2,1-7H3,(H2,39,51)(H2,40,56)(H,41,60)(H,42,52)(H,43,59)(H,44,57)(H,45,61)(H,46,53)(H,47,62)(H,48,58)(H,54,55)/t19-,20+,21+,22+,23+,28+,29+,30+/m1/s1. The van der Waals surface area contributed by atoms with E-state index in [1.807, 2.05) is 0 Å². The summed E-state index contributed by atoms with van der Waals surface area (Å²) in [7, 11) is 0. The Labute approximate surface area is 363 Å². The number of nitrogens with one attached hydrogen (secondary N) is 8. The van der Waals surface area contributed by atoms with Gasteiger partial charge in [-0.2, -0.15) is 0 Å². The van der Waals surface area contributed by atoms with Crippen LogP contribution in [0.2, 0.25) is 0 Å². The van der Waals surface area contributed by atoms with Crippen molar-refractivity contribution in [3.63, 3.8) is 0 Å². The fraction of sp³-hybridized carbons (Fsp3) is 0.703. The summed E-state index contributed by atoms with van der Waals surface area (Å²) in [6, 6.07) is -10.1. The normalized spacial score (nSPS) is 15.0. The number of nitrogens with two attached hydrogens (primary N) is 2. The quantitative estimate of drug-likeness (QED) is 0.0313. The van der Waals surface area contributed by atoms with Gasteiger partial charge in [-0.25, -0.2) is 0 Å². The van der Waals surface area contributed by atoms with Crippen molar-refractivity contribution in [2.45, 2.75) is 129 Å². The number of carboxylic acids is 1. The summed E-state index contributed by atoms with van der Waals surface area (Å²) in [5, 5.41) is 48.0. The van der Waals surface area contributed by atoms with Gasteiger partial charge >= 0.3 is 5.97 Å². The van der Waals surface area contributed by atoms with Gasteiger partial charge in [0.15, 0.2) is 0 Å². The molecule has 25 heteroatoms. The number of hydrogen-bond donors (Lipinski definition) is 13. The lowest BCUT2D eigenvalue weighted by molar-refractivity contribution is -0.139.